The van der Waals surface area contributed by atoms with Crippen LogP contribution in [0, 0.1) is 0 Å². The molecule has 218 valence electrons. The molecular weight excluding hydrogens is 526 g/mol. The Morgan fingerprint density at radius 1 is 0.780 bits per heavy atom. The third-order valence-corrected chi connectivity index (χ3v) is 5.99. The molecule has 11 nitrogen and oxygen atoms in total. The number of aromatic nitrogens is 2. The number of nitrogens with zero attached hydrogens (tertiary/aromatic N) is 1. The average molecular weight is 564 g/mol. The molecule has 0 radical (unpaired) electrons. The molecule has 1 aromatic heterocycles. The molecule has 0 spiro atoms. The second-order valence-electron chi connectivity index (χ2n) is 10.5. The molecule has 4 N–H and O–H groups in total. The van der Waals surface area contributed by atoms with Gasteiger partial charge < -0.3 is 30.4 Å². The maximum atomic E-state index is 13.6. The van der Waals surface area contributed by atoms with Crippen LogP contribution in [0.25, 0.3) is 0 Å². The number of imidazole rings is 1. The lowest BCUT2D eigenvalue weighted by Crippen LogP contribution is -2.57. The van der Waals surface area contributed by atoms with Gasteiger partial charge in [0.05, 0.1) is 13.4 Å². The minimum absolute atomic E-state index is 0.112. The number of ether oxygens (including phenoxy) is 2. The first-order valence-corrected chi connectivity index (χ1v) is 13.3. The first-order valence-electron chi connectivity index (χ1n) is 13.3. The molecule has 3 aromatic rings. The van der Waals surface area contributed by atoms with Crippen molar-refractivity contribution in [1.29, 1.82) is 0 Å². The molecule has 11 heteroatoms. The average Bonchev–Trinajstić information content (AvgIpc) is 3.44. The van der Waals surface area contributed by atoms with Crippen LogP contribution in [0.5, 0.6) is 0 Å². The molecule has 3 amide bonds. The maximum Gasteiger partial charge on any atom is 0.408 e. The van der Waals surface area contributed by atoms with Crippen molar-refractivity contribution >= 4 is 23.9 Å². The topological polar surface area (TPSA) is 152 Å². The van der Waals surface area contributed by atoms with Crippen molar-refractivity contribution in [2.45, 2.75) is 63.8 Å². The first kappa shape index (κ1) is 30.9. The first-order chi connectivity index (χ1) is 19.5. The van der Waals surface area contributed by atoms with E-state index in [0.29, 0.717) is 5.69 Å². The summed E-state index contributed by atoms with van der Waals surface area (Å²) in [6.45, 7) is 5.17. The molecule has 3 rings (SSSR count). The number of nitrogens with one attached hydrogen (secondary N) is 4. The van der Waals surface area contributed by atoms with Crippen LogP contribution < -0.4 is 16.0 Å². The van der Waals surface area contributed by atoms with Gasteiger partial charge in [-0.2, -0.15) is 0 Å². The summed E-state index contributed by atoms with van der Waals surface area (Å²) in [6.07, 6.45) is 2.66. The third kappa shape index (κ3) is 10.4. The summed E-state index contributed by atoms with van der Waals surface area (Å²) in [6, 6.07) is 15.2. The SMILES string of the molecule is COC(=O)C(Cc1cnc[nH]1)NC(=O)C(Cc1ccccc1)NC(=O)C(Cc1ccccc1)NC(=O)OC(C)(C)C. The van der Waals surface area contributed by atoms with Crippen LogP contribution in [0.2, 0.25) is 0 Å². The van der Waals surface area contributed by atoms with E-state index < -0.39 is 47.6 Å². The number of hydrogen-bond acceptors (Lipinski definition) is 7. The largest absolute Gasteiger partial charge is 0.467 e. The molecule has 0 fully saturated rings. The summed E-state index contributed by atoms with van der Waals surface area (Å²) < 4.78 is 10.3. The van der Waals surface area contributed by atoms with Crippen molar-refractivity contribution in [3.8, 4) is 0 Å². The highest BCUT2D eigenvalue weighted by Crippen LogP contribution is 2.11. The molecule has 0 saturated heterocycles. The number of rotatable bonds is 12. The molecule has 0 aliphatic rings. The summed E-state index contributed by atoms with van der Waals surface area (Å²) in [4.78, 5) is 59.2. The van der Waals surface area contributed by atoms with Crippen LogP contribution in [-0.4, -0.2) is 64.7 Å². The highest BCUT2D eigenvalue weighted by Gasteiger charge is 2.31. The minimum atomic E-state index is -1.07. The van der Waals surface area contributed by atoms with Crippen LogP contribution in [0.4, 0.5) is 4.79 Å². The van der Waals surface area contributed by atoms with Gasteiger partial charge in [-0.25, -0.2) is 14.6 Å². The minimum Gasteiger partial charge on any atom is -0.467 e. The molecule has 41 heavy (non-hydrogen) atoms. The van der Waals surface area contributed by atoms with E-state index in [2.05, 4.69) is 25.9 Å². The molecule has 0 aliphatic carbocycles. The van der Waals surface area contributed by atoms with Gasteiger partial charge in [0.15, 0.2) is 0 Å². The third-order valence-electron chi connectivity index (χ3n) is 5.99. The normalized spacial score (nSPS) is 13.3. The monoisotopic (exact) mass is 563 g/mol. The quantitative estimate of drug-likeness (QED) is 0.247. The summed E-state index contributed by atoms with van der Waals surface area (Å²) in [5, 5.41) is 8.12. The van der Waals surface area contributed by atoms with Gasteiger partial charge in [-0.05, 0) is 31.9 Å². The van der Waals surface area contributed by atoms with Crippen LogP contribution in [0.3, 0.4) is 0 Å². The number of amides is 3. The van der Waals surface area contributed by atoms with Gasteiger partial charge >= 0.3 is 12.1 Å². The predicted molar refractivity (Wildman–Crippen MR) is 152 cm³/mol. The van der Waals surface area contributed by atoms with Crippen molar-refractivity contribution in [3.63, 3.8) is 0 Å². The van der Waals surface area contributed by atoms with Gasteiger partial charge in [-0.15, -0.1) is 0 Å². The van der Waals surface area contributed by atoms with E-state index >= 15 is 0 Å². The summed E-state index contributed by atoms with van der Waals surface area (Å²) >= 11 is 0. The number of alkyl carbamates (subject to hydrolysis) is 1. The van der Waals surface area contributed by atoms with Gasteiger partial charge in [0.2, 0.25) is 11.8 Å². The van der Waals surface area contributed by atoms with Crippen molar-refractivity contribution < 1.29 is 28.7 Å². The van der Waals surface area contributed by atoms with Gasteiger partial charge in [0.25, 0.3) is 0 Å². The summed E-state index contributed by atoms with van der Waals surface area (Å²) in [7, 11) is 1.23. The number of aromatic amines is 1. The van der Waals surface area contributed by atoms with E-state index in [-0.39, 0.29) is 19.3 Å². The Hall–Kier alpha value is -4.67. The summed E-state index contributed by atoms with van der Waals surface area (Å²) in [5.74, 6) is -1.82. The molecule has 3 unspecified atom stereocenters. The van der Waals surface area contributed by atoms with Crippen molar-refractivity contribution in [2.75, 3.05) is 7.11 Å². The maximum absolute atomic E-state index is 13.6. The number of methoxy groups -OCH3 is 1. The lowest BCUT2D eigenvalue weighted by atomic mass is 10.0. The zero-order valence-corrected chi connectivity index (χ0v) is 23.7. The lowest BCUT2D eigenvalue weighted by molar-refractivity contribution is -0.145. The lowest BCUT2D eigenvalue weighted by Gasteiger charge is -2.26. The zero-order valence-electron chi connectivity index (χ0n) is 23.7. The number of benzene rings is 2. The smallest absolute Gasteiger partial charge is 0.408 e. The molecule has 1 heterocycles. The standard InChI is InChI=1S/C30H37N5O6/c1-30(2,3)41-29(39)35-24(16-21-13-9-6-10-14-21)27(37)33-23(15-20-11-7-5-8-12-20)26(36)34-25(28(38)40-4)17-22-18-31-19-32-22/h5-14,18-19,23-25H,15-17H2,1-4H3,(H,31,32)(H,33,37)(H,34,36)(H,35,39). The Labute approximate surface area is 239 Å². The molecular formula is C30H37N5O6. The molecule has 2 aromatic carbocycles. The van der Waals surface area contributed by atoms with E-state index in [4.69, 9.17) is 9.47 Å². The number of esters is 1. The predicted octanol–water partition coefficient (Wildman–Crippen LogP) is 2.47. The van der Waals surface area contributed by atoms with Crippen LogP contribution >= 0.6 is 0 Å². The zero-order chi connectivity index (χ0) is 29.8. The Morgan fingerprint density at radius 3 is 1.76 bits per heavy atom. The van der Waals surface area contributed by atoms with Crippen LogP contribution in [0.1, 0.15) is 37.6 Å². The fourth-order valence-corrected chi connectivity index (χ4v) is 4.06. The van der Waals surface area contributed by atoms with E-state index in [1.54, 1.807) is 27.0 Å². The van der Waals surface area contributed by atoms with Crippen molar-refractivity contribution in [1.82, 2.24) is 25.9 Å². The van der Waals surface area contributed by atoms with Crippen LogP contribution in [0.15, 0.2) is 73.2 Å². The van der Waals surface area contributed by atoms with Gasteiger partial charge in [-0.3, -0.25) is 9.59 Å². The number of carbonyl (C=O) groups excluding carboxylic acids is 4. The highest BCUT2D eigenvalue weighted by molar-refractivity contribution is 5.93. The highest BCUT2D eigenvalue weighted by atomic mass is 16.6. The Balaban J connectivity index is 1.84. The van der Waals surface area contributed by atoms with Gasteiger partial charge in [0.1, 0.15) is 23.7 Å². The van der Waals surface area contributed by atoms with Crippen LogP contribution in [-0.2, 0) is 43.1 Å². The summed E-state index contributed by atoms with van der Waals surface area (Å²) in [5.41, 5.74) is 1.44. The Bertz CT molecular complexity index is 1280. The van der Waals surface area contributed by atoms with E-state index in [9.17, 15) is 19.2 Å². The van der Waals surface area contributed by atoms with E-state index in [1.165, 1.54) is 13.4 Å². The van der Waals surface area contributed by atoms with E-state index in [0.717, 1.165) is 11.1 Å². The van der Waals surface area contributed by atoms with Gasteiger partial charge in [-0.1, -0.05) is 60.7 Å². The number of hydrogen-bond donors (Lipinski definition) is 4. The fourth-order valence-electron chi connectivity index (χ4n) is 4.06. The molecule has 3 atom stereocenters. The molecule has 0 saturated carbocycles. The van der Waals surface area contributed by atoms with E-state index in [1.807, 2.05) is 60.7 Å². The molecule has 0 bridgehead atoms. The second kappa shape index (κ2) is 14.6. The molecule has 0 aliphatic heterocycles. The Kier molecular flexibility index (Phi) is 11.0. The van der Waals surface area contributed by atoms with Crippen molar-refractivity contribution in [3.05, 3.63) is 90.0 Å². The van der Waals surface area contributed by atoms with Crippen molar-refractivity contribution in [2.24, 2.45) is 0 Å². The van der Waals surface area contributed by atoms with Gasteiger partial charge in [0, 0.05) is 31.2 Å². The fraction of sp³-hybridized carbons (Fsp3) is 0.367. The number of H-pyrrole nitrogens is 1. The Morgan fingerprint density at radius 2 is 1.29 bits per heavy atom. The number of carbonyl (C=O) groups is 4. The second-order valence-corrected chi connectivity index (χ2v) is 10.5.